The van der Waals surface area contributed by atoms with Gasteiger partial charge in [-0.3, -0.25) is 9.79 Å². The number of carbonyl (C=O) groups is 1. The van der Waals surface area contributed by atoms with Gasteiger partial charge >= 0.3 is 0 Å². The molecule has 0 fully saturated rings. The van der Waals surface area contributed by atoms with Gasteiger partial charge in [-0.25, -0.2) is 12.8 Å². The van der Waals surface area contributed by atoms with E-state index in [1.807, 2.05) is 0 Å². The Kier molecular flexibility index (Phi) is 7.11. The van der Waals surface area contributed by atoms with E-state index in [4.69, 9.17) is 5.73 Å². The minimum atomic E-state index is -3.24. The van der Waals surface area contributed by atoms with Crippen LogP contribution in [0.15, 0.2) is 47.5 Å². The molecule has 2 aromatic carbocycles. The predicted octanol–water partition coefficient (Wildman–Crippen LogP) is 1.33. The van der Waals surface area contributed by atoms with E-state index in [1.165, 1.54) is 18.2 Å². The van der Waals surface area contributed by atoms with Gasteiger partial charge in [0.2, 0.25) is 5.91 Å². The van der Waals surface area contributed by atoms with Crippen LogP contribution in [0.2, 0.25) is 0 Å². The summed E-state index contributed by atoms with van der Waals surface area (Å²) in [6, 6.07) is 10.9. The lowest BCUT2D eigenvalue weighted by Gasteiger charge is -2.14. The SMILES string of the molecule is CN=C(NCc1ccc(C(N)=O)cc1)NCc1cc(F)ccc1CS(C)(=O)=O. The van der Waals surface area contributed by atoms with Gasteiger partial charge in [0.15, 0.2) is 15.8 Å². The van der Waals surface area contributed by atoms with Crippen LogP contribution in [-0.4, -0.2) is 33.6 Å². The van der Waals surface area contributed by atoms with Crippen molar-refractivity contribution in [3.63, 3.8) is 0 Å². The number of aliphatic imine (C=N–C) groups is 1. The second-order valence-corrected chi connectivity index (χ2v) is 8.46. The van der Waals surface area contributed by atoms with Gasteiger partial charge in [-0.1, -0.05) is 18.2 Å². The van der Waals surface area contributed by atoms with Gasteiger partial charge in [0.05, 0.1) is 5.75 Å². The second-order valence-electron chi connectivity index (χ2n) is 6.32. The maximum atomic E-state index is 13.6. The largest absolute Gasteiger partial charge is 0.366 e. The van der Waals surface area contributed by atoms with E-state index < -0.39 is 21.6 Å². The third-order valence-corrected chi connectivity index (χ3v) is 4.79. The number of carbonyl (C=O) groups excluding carboxylic acids is 1. The van der Waals surface area contributed by atoms with Crippen molar-refractivity contribution in [2.75, 3.05) is 13.3 Å². The molecule has 0 radical (unpaired) electrons. The molecule has 0 aliphatic heterocycles. The molecule has 4 N–H and O–H groups in total. The molecule has 0 heterocycles. The molecule has 0 saturated carbocycles. The molecule has 0 saturated heterocycles. The summed E-state index contributed by atoms with van der Waals surface area (Å²) in [5, 5.41) is 6.14. The summed E-state index contributed by atoms with van der Waals surface area (Å²) in [7, 11) is -1.65. The number of sulfone groups is 1. The molecule has 1 amide bonds. The van der Waals surface area contributed by atoms with Crippen molar-refractivity contribution in [2.24, 2.45) is 10.7 Å². The first-order chi connectivity index (χ1) is 13.2. The fraction of sp³-hybridized carbons (Fsp3) is 0.263. The minimum absolute atomic E-state index is 0.164. The van der Waals surface area contributed by atoms with Gasteiger partial charge in [0.1, 0.15) is 5.82 Å². The van der Waals surface area contributed by atoms with Gasteiger partial charge in [-0.2, -0.15) is 0 Å². The number of nitrogens with one attached hydrogen (secondary N) is 2. The van der Waals surface area contributed by atoms with Crippen molar-refractivity contribution >= 4 is 21.7 Å². The first-order valence-electron chi connectivity index (χ1n) is 8.46. The average Bonchev–Trinajstić information content (AvgIpc) is 2.63. The summed E-state index contributed by atoms with van der Waals surface area (Å²) in [6.07, 6.45) is 1.14. The zero-order chi connectivity index (χ0) is 20.7. The number of hydrogen-bond acceptors (Lipinski definition) is 4. The minimum Gasteiger partial charge on any atom is -0.366 e. The van der Waals surface area contributed by atoms with Gasteiger partial charge in [-0.05, 0) is 41.0 Å². The lowest BCUT2D eigenvalue weighted by molar-refractivity contribution is 0.1000. The van der Waals surface area contributed by atoms with Gasteiger partial charge in [0, 0.05) is 32.0 Å². The van der Waals surface area contributed by atoms with Crippen LogP contribution in [0.1, 0.15) is 27.0 Å². The summed E-state index contributed by atoms with van der Waals surface area (Å²) >= 11 is 0. The second kappa shape index (κ2) is 9.32. The molecule has 0 aromatic heterocycles. The monoisotopic (exact) mass is 406 g/mol. The number of primary amides is 1. The van der Waals surface area contributed by atoms with Gasteiger partial charge < -0.3 is 16.4 Å². The Balaban J connectivity index is 2.00. The third kappa shape index (κ3) is 6.66. The van der Waals surface area contributed by atoms with E-state index >= 15 is 0 Å². The van der Waals surface area contributed by atoms with E-state index in [0.29, 0.717) is 29.2 Å². The molecule has 9 heteroatoms. The summed E-state index contributed by atoms with van der Waals surface area (Å²) in [6.45, 7) is 0.654. The van der Waals surface area contributed by atoms with E-state index in [-0.39, 0.29) is 12.3 Å². The van der Waals surface area contributed by atoms with Crippen LogP contribution >= 0.6 is 0 Å². The Morgan fingerprint density at radius 3 is 2.29 bits per heavy atom. The molecule has 0 aliphatic carbocycles. The van der Waals surface area contributed by atoms with E-state index in [9.17, 15) is 17.6 Å². The van der Waals surface area contributed by atoms with Crippen LogP contribution in [0.5, 0.6) is 0 Å². The first kappa shape index (κ1) is 21.4. The molecule has 150 valence electrons. The Morgan fingerprint density at radius 1 is 1.07 bits per heavy atom. The van der Waals surface area contributed by atoms with E-state index in [1.54, 1.807) is 31.3 Å². The molecule has 2 rings (SSSR count). The van der Waals surface area contributed by atoms with Crippen LogP contribution in [0.25, 0.3) is 0 Å². The maximum absolute atomic E-state index is 13.6. The molecule has 28 heavy (non-hydrogen) atoms. The van der Waals surface area contributed by atoms with Gasteiger partial charge in [0.25, 0.3) is 0 Å². The zero-order valence-electron chi connectivity index (χ0n) is 15.7. The maximum Gasteiger partial charge on any atom is 0.248 e. The Morgan fingerprint density at radius 2 is 1.71 bits per heavy atom. The summed E-state index contributed by atoms with van der Waals surface area (Å²) in [4.78, 5) is 15.2. The van der Waals surface area contributed by atoms with Crippen molar-refractivity contribution in [1.82, 2.24) is 10.6 Å². The van der Waals surface area contributed by atoms with E-state index in [2.05, 4.69) is 15.6 Å². The van der Waals surface area contributed by atoms with Crippen LogP contribution in [0.4, 0.5) is 4.39 Å². The third-order valence-electron chi connectivity index (χ3n) is 3.95. The fourth-order valence-electron chi connectivity index (χ4n) is 2.55. The number of rotatable bonds is 7. The highest BCUT2D eigenvalue weighted by Crippen LogP contribution is 2.14. The van der Waals surface area contributed by atoms with Crippen molar-refractivity contribution in [2.45, 2.75) is 18.8 Å². The smallest absolute Gasteiger partial charge is 0.248 e. The lowest BCUT2D eigenvalue weighted by Crippen LogP contribution is -2.36. The van der Waals surface area contributed by atoms with Crippen LogP contribution < -0.4 is 16.4 Å². The number of nitrogens with zero attached hydrogens (tertiary/aromatic N) is 1. The molecule has 0 aliphatic rings. The zero-order valence-corrected chi connectivity index (χ0v) is 16.5. The van der Waals surface area contributed by atoms with Crippen LogP contribution in [0, 0.1) is 5.82 Å². The number of nitrogens with two attached hydrogens (primary N) is 1. The molecule has 7 nitrogen and oxygen atoms in total. The van der Waals surface area contributed by atoms with Crippen molar-refractivity contribution in [1.29, 1.82) is 0 Å². The molecular formula is C19H23FN4O3S. The molecule has 0 bridgehead atoms. The first-order valence-corrected chi connectivity index (χ1v) is 10.5. The van der Waals surface area contributed by atoms with E-state index in [0.717, 1.165) is 11.8 Å². The lowest BCUT2D eigenvalue weighted by atomic mass is 10.1. The number of halogens is 1. The Hall–Kier alpha value is -2.94. The Bertz CT molecular complexity index is 973. The van der Waals surface area contributed by atoms with Crippen LogP contribution in [0.3, 0.4) is 0 Å². The summed E-state index contributed by atoms with van der Waals surface area (Å²) in [5.74, 6) is -0.625. The van der Waals surface area contributed by atoms with Crippen LogP contribution in [-0.2, 0) is 28.7 Å². The number of amides is 1. The quantitative estimate of drug-likeness (QED) is 0.474. The topological polar surface area (TPSA) is 114 Å². The van der Waals surface area contributed by atoms with Crippen molar-refractivity contribution in [3.05, 3.63) is 70.5 Å². The summed E-state index contributed by atoms with van der Waals surface area (Å²) in [5.41, 5.74) is 7.63. The molecule has 0 atom stereocenters. The molecular weight excluding hydrogens is 383 g/mol. The molecule has 0 unspecified atom stereocenters. The number of guanidine groups is 1. The summed E-state index contributed by atoms with van der Waals surface area (Å²) < 4.78 is 36.7. The van der Waals surface area contributed by atoms with Crippen molar-refractivity contribution < 1.29 is 17.6 Å². The average molecular weight is 406 g/mol. The van der Waals surface area contributed by atoms with Crippen molar-refractivity contribution in [3.8, 4) is 0 Å². The standard InChI is InChI=1S/C19H23FN4O3S/c1-22-19(23-10-13-3-5-14(6-4-13)18(21)25)24-11-16-9-17(20)8-7-15(16)12-28(2,26)27/h3-9H,10-12H2,1-2H3,(H2,21,25)(H2,22,23,24). The number of benzene rings is 2. The number of hydrogen-bond donors (Lipinski definition) is 3. The highest BCUT2D eigenvalue weighted by Gasteiger charge is 2.11. The van der Waals surface area contributed by atoms with Gasteiger partial charge in [-0.15, -0.1) is 0 Å². The predicted molar refractivity (Wildman–Crippen MR) is 107 cm³/mol. The molecule has 2 aromatic rings. The normalized spacial score (nSPS) is 11.9. The molecule has 0 spiro atoms. The Labute approximate surface area is 163 Å². The highest BCUT2D eigenvalue weighted by molar-refractivity contribution is 7.89. The fourth-order valence-corrected chi connectivity index (χ4v) is 3.40. The highest BCUT2D eigenvalue weighted by atomic mass is 32.2.